The van der Waals surface area contributed by atoms with Crippen LogP contribution in [0.25, 0.3) is 0 Å². The predicted octanol–water partition coefficient (Wildman–Crippen LogP) is 1.65. The van der Waals surface area contributed by atoms with E-state index in [4.69, 9.17) is 5.26 Å². The number of hydrogen-bond acceptors (Lipinski definition) is 4. The average Bonchev–Trinajstić information content (AvgIpc) is 3.13. The molecule has 0 bridgehead atoms. The number of likely N-dealkylation sites (tertiary alicyclic amines) is 1. The highest BCUT2D eigenvalue weighted by Gasteiger charge is 2.54. The lowest BCUT2D eigenvalue weighted by Crippen LogP contribution is -2.41. The molecule has 1 saturated carbocycles. The van der Waals surface area contributed by atoms with Crippen molar-refractivity contribution in [1.82, 2.24) is 20.1 Å². The number of carbonyl (C=O) groups is 2. The molecule has 1 unspecified atom stereocenters. The summed E-state index contributed by atoms with van der Waals surface area (Å²) in [5.74, 6) is 0.447. The van der Waals surface area contributed by atoms with Gasteiger partial charge in [-0.05, 0) is 47.8 Å². The minimum Gasteiger partial charge on any atom is -0.342 e. The van der Waals surface area contributed by atoms with Gasteiger partial charge in [0.15, 0.2) is 0 Å². The molecule has 1 saturated heterocycles. The third-order valence-electron chi connectivity index (χ3n) is 6.21. The topological polar surface area (TPSA) is 89.3 Å². The Morgan fingerprint density at radius 1 is 1.27 bits per heavy atom. The molecule has 2 aliphatic heterocycles. The van der Waals surface area contributed by atoms with Gasteiger partial charge in [0, 0.05) is 45.1 Å². The fourth-order valence-electron chi connectivity index (χ4n) is 4.40. The zero-order valence-electron chi connectivity index (χ0n) is 14.8. The van der Waals surface area contributed by atoms with Crippen molar-refractivity contribution >= 4 is 11.9 Å². The lowest BCUT2D eigenvalue weighted by atomic mass is 9.90. The number of urea groups is 1. The van der Waals surface area contributed by atoms with Crippen molar-refractivity contribution in [3.63, 3.8) is 0 Å². The number of fused-ring (bicyclic) bond motifs is 1. The number of nitrogens with one attached hydrogen (secondary N) is 1. The molecular formula is C19H23N5O2. The minimum absolute atomic E-state index is 0.00937. The Kier molecular flexibility index (Phi) is 4.27. The van der Waals surface area contributed by atoms with Gasteiger partial charge in [0.25, 0.3) is 0 Å². The lowest BCUT2D eigenvalue weighted by Gasteiger charge is -2.32. The highest BCUT2D eigenvalue weighted by Crippen LogP contribution is 2.59. The normalized spacial score (nSPS) is 22.7. The van der Waals surface area contributed by atoms with E-state index in [0.29, 0.717) is 25.6 Å². The number of amides is 3. The molecule has 7 nitrogen and oxygen atoms in total. The van der Waals surface area contributed by atoms with Crippen molar-refractivity contribution in [2.75, 3.05) is 19.6 Å². The summed E-state index contributed by atoms with van der Waals surface area (Å²) in [4.78, 5) is 32.0. The Bertz CT molecular complexity index is 738. The van der Waals surface area contributed by atoms with Crippen molar-refractivity contribution in [1.29, 1.82) is 5.26 Å². The van der Waals surface area contributed by atoms with Crippen molar-refractivity contribution in [2.24, 2.45) is 11.3 Å². The van der Waals surface area contributed by atoms with E-state index in [-0.39, 0.29) is 23.8 Å². The van der Waals surface area contributed by atoms with Gasteiger partial charge >= 0.3 is 6.03 Å². The summed E-state index contributed by atoms with van der Waals surface area (Å²) in [7, 11) is 0. The van der Waals surface area contributed by atoms with Gasteiger partial charge in [0.1, 0.15) is 6.42 Å². The van der Waals surface area contributed by atoms with Crippen LogP contribution in [-0.2, 0) is 17.9 Å². The van der Waals surface area contributed by atoms with Crippen LogP contribution >= 0.6 is 0 Å². The lowest BCUT2D eigenvalue weighted by molar-refractivity contribution is -0.131. The summed E-state index contributed by atoms with van der Waals surface area (Å²) in [5.41, 5.74) is 2.58. The molecule has 0 radical (unpaired) electrons. The second-order valence-corrected chi connectivity index (χ2v) is 7.67. The third-order valence-corrected chi connectivity index (χ3v) is 6.21. The SMILES string of the molecule is N#CCC(=O)N1CCC2(CC1)CC2CNC(=O)N1Cc2ccncc2C1. The van der Waals surface area contributed by atoms with Gasteiger partial charge in [-0.15, -0.1) is 0 Å². The quantitative estimate of drug-likeness (QED) is 0.895. The Labute approximate surface area is 153 Å². The zero-order chi connectivity index (χ0) is 18.1. The van der Waals surface area contributed by atoms with E-state index in [2.05, 4.69) is 10.3 Å². The smallest absolute Gasteiger partial charge is 0.318 e. The Morgan fingerprint density at radius 2 is 2.04 bits per heavy atom. The average molecular weight is 353 g/mol. The molecule has 2 fully saturated rings. The molecule has 1 N–H and O–H groups in total. The number of piperidine rings is 1. The van der Waals surface area contributed by atoms with Crippen molar-refractivity contribution in [2.45, 2.75) is 38.8 Å². The van der Waals surface area contributed by atoms with Crippen LogP contribution in [0.15, 0.2) is 18.5 Å². The fourth-order valence-corrected chi connectivity index (χ4v) is 4.40. The van der Waals surface area contributed by atoms with E-state index in [1.54, 1.807) is 11.1 Å². The van der Waals surface area contributed by atoms with Crippen molar-refractivity contribution in [3.05, 3.63) is 29.6 Å². The molecule has 3 aliphatic rings. The van der Waals surface area contributed by atoms with E-state index < -0.39 is 0 Å². The van der Waals surface area contributed by atoms with Crippen molar-refractivity contribution in [3.8, 4) is 6.07 Å². The summed E-state index contributed by atoms with van der Waals surface area (Å²) in [6, 6.07) is 3.89. The van der Waals surface area contributed by atoms with Gasteiger partial charge < -0.3 is 15.1 Å². The Morgan fingerprint density at radius 3 is 2.77 bits per heavy atom. The molecular weight excluding hydrogens is 330 g/mol. The first-order chi connectivity index (χ1) is 12.6. The third kappa shape index (κ3) is 3.12. The second kappa shape index (κ2) is 6.60. The van der Waals surface area contributed by atoms with E-state index in [9.17, 15) is 9.59 Å². The number of rotatable bonds is 3. The molecule has 3 heterocycles. The van der Waals surface area contributed by atoms with E-state index in [1.165, 1.54) is 5.56 Å². The molecule has 0 aromatic carbocycles. The van der Waals surface area contributed by atoms with E-state index in [0.717, 1.165) is 37.9 Å². The van der Waals surface area contributed by atoms with Crippen LogP contribution in [0.5, 0.6) is 0 Å². The highest BCUT2D eigenvalue weighted by molar-refractivity contribution is 5.78. The Balaban J connectivity index is 1.22. The number of aromatic nitrogens is 1. The van der Waals surface area contributed by atoms with Gasteiger partial charge in [0.2, 0.25) is 5.91 Å². The van der Waals surface area contributed by atoms with Crippen LogP contribution in [0.4, 0.5) is 4.79 Å². The number of nitrogens with zero attached hydrogens (tertiary/aromatic N) is 4. The van der Waals surface area contributed by atoms with Gasteiger partial charge in [-0.3, -0.25) is 9.78 Å². The minimum atomic E-state index is -0.0593. The van der Waals surface area contributed by atoms with Gasteiger partial charge in [-0.1, -0.05) is 0 Å². The van der Waals surface area contributed by atoms with Crippen LogP contribution < -0.4 is 5.32 Å². The predicted molar refractivity (Wildman–Crippen MR) is 93.5 cm³/mol. The molecule has 26 heavy (non-hydrogen) atoms. The summed E-state index contributed by atoms with van der Waals surface area (Å²) in [5, 5.41) is 11.7. The molecule has 136 valence electrons. The van der Waals surface area contributed by atoms with Crippen molar-refractivity contribution < 1.29 is 9.59 Å². The maximum absolute atomic E-state index is 12.4. The fraction of sp³-hybridized carbons (Fsp3) is 0.579. The number of carbonyl (C=O) groups excluding carboxylic acids is 2. The largest absolute Gasteiger partial charge is 0.342 e. The first kappa shape index (κ1) is 16.8. The van der Waals surface area contributed by atoms with Gasteiger partial charge in [-0.2, -0.15) is 5.26 Å². The maximum atomic E-state index is 12.4. The van der Waals surface area contributed by atoms with E-state index in [1.807, 2.05) is 23.2 Å². The Hall–Kier alpha value is -2.62. The van der Waals surface area contributed by atoms with Crippen LogP contribution in [0.2, 0.25) is 0 Å². The molecule has 1 aliphatic carbocycles. The summed E-state index contributed by atoms with van der Waals surface area (Å²) in [6.45, 7) is 3.45. The molecule has 3 amide bonds. The monoisotopic (exact) mass is 353 g/mol. The molecule has 4 rings (SSSR count). The molecule has 7 heteroatoms. The van der Waals surface area contributed by atoms with Crippen LogP contribution in [0.1, 0.15) is 36.8 Å². The standard InChI is InChI=1S/C19H23N5O2/c20-5-1-17(25)23-7-3-19(4-8-23)9-16(19)11-22-18(26)24-12-14-2-6-21-10-15(14)13-24/h2,6,10,16H,1,3-4,7-9,11-13H2,(H,22,26). The molecule has 1 spiro atoms. The van der Waals surface area contributed by atoms with Crippen LogP contribution in [0.3, 0.4) is 0 Å². The molecule has 1 atom stereocenters. The number of nitriles is 1. The van der Waals surface area contributed by atoms with Crippen LogP contribution in [-0.4, -0.2) is 46.4 Å². The second-order valence-electron chi connectivity index (χ2n) is 7.67. The first-order valence-electron chi connectivity index (χ1n) is 9.20. The maximum Gasteiger partial charge on any atom is 0.318 e. The van der Waals surface area contributed by atoms with E-state index >= 15 is 0 Å². The summed E-state index contributed by atoms with van der Waals surface area (Å²) < 4.78 is 0. The zero-order valence-corrected chi connectivity index (χ0v) is 14.8. The van der Waals surface area contributed by atoms with Gasteiger partial charge in [0.05, 0.1) is 6.07 Å². The van der Waals surface area contributed by atoms with Gasteiger partial charge in [-0.25, -0.2) is 4.79 Å². The summed E-state index contributed by atoms with van der Waals surface area (Å²) in [6.07, 6.45) is 6.65. The summed E-state index contributed by atoms with van der Waals surface area (Å²) >= 11 is 0. The van der Waals surface area contributed by atoms with Crippen LogP contribution in [0, 0.1) is 22.7 Å². The number of pyridine rings is 1. The molecule has 1 aromatic heterocycles. The number of hydrogen-bond donors (Lipinski definition) is 1. The highest BCUT2D eigenvalue weighted by atomic mass is 16.2. The molecule has 1 aromatic rings. The first-order valence-corrected chi connectivity index (χ1v) is 9.20.